The molecular formula is C13H11F2NO3S. The lowest BCUT2D eigenvalue weighted by Crippen LogP contribution is -2.13. The number of halogens is 2. The highest BCUT2D eigenvalue weighted by Gasteiger charge is 2.17. The van der Waals surface area contributed by atoms with E-state index in [0.29, 0.717) is 11.6 Å². The summed E-state index contributed by atoms with van der Waals surface area (Å²) in [5.74, 6) is -2.45. The third kappa shape index (κ3) is 2.88. The largest absolute Gasteiger partial charge is 0.508 e. The van der Waals surface area contributed by atoms with E-state index in [1.807, 2.05) is 0 Å². The van der Waals surface area contributed by atoms with E-state index in [1.54, 1.807) is 6.92 Å². The number of nitrogens with one attached hydrogen (secondary N) is 1. The number of phenolic OH excluding ortho intramolecular Hbond substituents is 1. The van der Waals surface area contributed by atoms with E-state index in [0.717, 1.165) is 12.1 Å². The smallest absolute Gasteiger partial charge is 0.262 e. The summed E-state index contributed by atoms with van der Waals surface area (Å²) >= 11 is 0. The maximum Gasteiger partial charge on any atom is 0.262 e. The van der Waals surface area contributed by atoms with Crippen molar-refractivity contribution in [2.75, 3.05) is 4.72 Å². The fraction of sp³-hybridized carbons (Fsp3) is 0.0769. The van der Waals surface area contributed by atoms with Crippen LogP contribution >= 0.6 is 0 Å². The van der Waals surface area contributed by atoms with Crippen molar-refractivity contribution in [3.8, 4) is 5.75 Å². The second-order valence-electron chi connectivity index (χ2n) is 4.18. The van der Waals surface area contributed by atoms with Gasteiger partial charge in [0.25, 0.3) is 10.0 Å². The van der Waals surface area contributed by atoms with E-state index in [1.165, 1.54) is 18.2 Å². The summed E-state index contributed by atoms with van der Waals surface area (Å²) in [5, 5.41) is 9.50. The lowest BCUT2D eigenvalue weighted by molar-refractivity contribution is 0.471. The highest BCUT2D eigenvalue weighted by Crippen LogP contribution is 2.23. The highest BCUT2D eigenvalue weighted by atomic mass is 32.2. The second kappa shape index (κ2) is 5.09. The molecule has 0 aromatic heterocycles. The van der Waals surface area contributed by atoms with Crippen LogP contribution in [0, 0.1) is 18.6 Å². The number of rotatable bonds is 3. The molecule has 20 heavy (non-hydrogen) atoms. The molecule has 0 bridgehead atoms. The summed E-state index contributed by atoms with van der Waals surface area (Å²) in [7, 11) is -4.05. The Balaban J connectivity index is 2.35. The molecule has 0 aliphatic carbocycles. The Morgan fingerprint density at radius 1 is 1.05 bits per heavy atom. The standard InChI is InChI=1S/C13H11F2NO3S/c1-8-2-3-9(6-13(8)17)16-20(18,19)10-4-5-11(14)12(15)7-10/h2-7,16-17H,1H3. The van der Waals surface area contributed by atoms with Crippen LogP contribution in [0.3, 0.4) is 0 Å². The van der Waals surface area contributed by atoms with Gasteiger partial charge in [-0.3, -0.25) is 4.72 Å². The molecule has 7 heteroatoms. The van der Waals surface area contributed by atoms with Gasteiger partial charge in [0.05, 0.1) is 10.6 Å². The molecule has 4 nitrogen and oxygen atoms in total. The van der Waals surface area contributed by atoms with Crippen LogP contribution in [0.5, 0.6) is 5.75 Å². The number of anilines is 1. The first-order valence-corrected chi connectivity index (χ1v) is 7.05. The minimum Gasteiger partial charge on any atom is -0.508 e. The van der Waals surface area contributed by atoms with Crippen LogP contribution in [0.1, 0.15) is 5.56 Å². The van der Waals surface area contributed by atoms with Crippen molar-refractivity contribution in [1.29, 1.82) is 0 Å². The van der Waals surface area contributed by atoms with Crippen LogP contribution in [0.4, 0.5) is 14.5 Å². The maximum absolute atomic E-state index is 13.1. The van der Waals surface area contributed by atoms with Crippen molar-refractivity contribution >= 4 is 15.7 Å². The van der Waals surface area contributed by atoms with E-state index in [-0.39, 0.29) is 11.4 Å². The minimum atomic E-state index is -4.05. The molecule has 2 aromatic rings. The van der Waals surface area contributed by atoms with Crippen LogP contribution < -0.4 is 4.72 Å². The summed E-state index contributed by atoms with van der Waals surface area (Å²) in [6.07, 6.45) is 0. The maximum atomic E-state index is 13.1. The zero-order chi connectivity index (χ0) is 14.9. The summed E-state index contributed by atoms with van der Waals surface area (Å²) in [4.78, 5) is -0.406. The first kappa shape index (κ1) is 14.3. The van der Waals surface area contributed by atoms with Gasteiger partial charge in [0.2, 0.25) is 0 Å². The van der Waals surface area contributed by atoms with Gasteiger partial charge in [-0.05, 0) is 36.8 Å². The Labute approximate surface area is 114 Å². The number of hydrogen-bond donors (Lipinski definition) is 2. The summed E-state index contributed by atoms with van der Waals surface area (Å²) < 4.78 is 52.0. The van der Waals surface area contributed by atoms with E-state index in [9.17, 15) is 22.3 Å². The van der Waals surface area contributed by atoms with Crippen molar-refractivity contribution in [2.24, 2.45) is 0 Å². The zero-order valence-electron chi connectivity index (χ0n) is 10.4. The van der Waals surface area contributed by atoms with E-state index in [2.05, 4.69) is 4.72 Å². The predicted octanol–water partition coefficient (Wildman–Crippen LogP) is 2.78. The average molecular weight is 299 g/mol. The van der Waals surface area contributed by atoms with E-state index < -0.39 is 26.6 Å². The third-order valence-electron chi connectivity index (χ3n) is 2.66. The molecule has 0 atom stereocenters. The van der Waals surface area contributed by atoms with Gasteiger partial charge >= 0.3 is 0 Å². The molecule has 0 aliphatic rings. The molecule has 106 valence electrons. The van der Waals surface area contributed by atoms with Crippen LogP contribution in [-0.4, -0.2) is 13.5 Å². The second-order valence-corrected chi connectivity index (χ2v) is 5.87. The summed E-state index contributed by atoms with van der Waals surface area (Å²) in [6, 6.07) is 6.48. The molecule has 2 aromatic carbocycles. The molecule has 0 radical (unpaired) electrons. The molecule has 0 unspecified atom stereocenters. The Hall–Kier alpha value is -2.15. The molecule has 2 N–H and O–H groups in total. The molecule has 0 aliphatic heterocycles. The van der Waals surface area contributed by atoms with Crippen LogP contribution in [0.15, 0.2) is 41.3 Å². The van der Waals surface area contributed by atoms with Gasteiger partial charge in [-0.25, -0.2) is 17.2 Å². The van der Waals surface area contributed by atoms with Gasteiger partial charge in [0, 0.05) is 6.07 Å². The lowest BCUT2D eigenvalue weighted by atomic mass is 10.2. The monoisotopic (exact) mass is 299 g/mol. The van der Waals surface area contributed by atoms with Gasteiger partial charge in [0.1, 0.15) is 5.75 Å². The van der Waals surface area contributed by atoms with Crippen molar-refractivity contribution in [2.45, 2.75) is 11.8 Å². The van der Waals surface area contributed by atoms with Crippen molar-refractivity contribution < 1.29 is 22.3 Å². The average Bonchev–Trinajstić information content (AvgIpc) is 2.37. The SMILES string of the molecule is Cc1ccc(NS(=O)(=O)c2ccc(F)c(F)c2)cc1O. The minimum absolute atomic E-state index is 0.0736. The number of aromatic hydroxyl groups is 1. The van der Waals surface area contributed by atoms with Gasteiger partial charge in [-0.15, -0.1) is 0 Å². The summed E-state index contributed by atoms with van der Waals surface area (Å²) in [5.41, 5.74) is 0.707. The topological polar surface area (TPSA) is 66.4 Å². The van der Waals surface area contributed by atoms with Crippen LogP contribution in [-0.2, 0) is 10.0 Å². The molecule has 0 amide bonds. The van der Waals surface area contributed by atoms with Crippen molar-refractivity contribution in [3.63, 3.8) is 0 Å². The van der Waals surface area contributed by atoms with Gasteiger partial charge in [-0.1, -0.05) is 6.07 Å². The Morgan fingerprint density at radius 3 is 2.35 bits per heavy atom. The quantitative estimate of drug-likeness (QED) is 0.916. The Bertz CT molecular complexity index is 760. The number of benzene rings is 2. The Morgan fingerprint density at radius 2 is 1.75 bits per heavy atom. The molecule has 0 saturated carbocycles. The van der Waals surface area contributed by atoms with Gasteiger partial charge in [0.15, 0.2) is 11.6 Å². The van der Waals surface area contributed by atoms with Crippen LogP contribution in [0.25, 0.3) is 0 Å². The fourth-order valence-corrected chi connectivity index (χ4v) is 2.59. The first-order chi connectivity index (χ1) is 9.29. The highest BCUT2D eigenvalue weighted by molar-refractivity contribution is 7.92. The predicted molar refractivity (Wildman–Crippen MR) is 70.0 cm³/mol. The summed E-state index contributed by atoms with van der Waals surface area (Å²) in [6.45, 7) is 1.66. The van der Waals surface area contributed by atoms with E-state index in [4.69, 9.17) is 0 Å². The number of hydrogen-bond acceptors (Lipinski definition) is 3. The zero-order valence-corrected chi connectivity index (χ0v) is 11.2. The molecule has 0 spiro atoms. The molecule has 0 heterocycles. The van der Waals surface area contributed by atoms with Crippen LogP contribution in [0.2, 0.25) is 0 Å². The number of phenols is 1. The van der Waals surface area contributed by atoms with Gasteiger partial charge in [-0.2, -0.15) is 0 Å². The molecule has 0 saturated heterocycles. The molecule has 0 fully saturated rings. The lowest BCUT2D eigenvalue weighted by Gasteiger charge is -2.09. The Kier molecular flexibility index (Phi) is 3.63. The molecule has 2 rings (SSSR count). The van der Waals surface area contributed by atoms with E-state index >= 15 is 0 Å². The number of aryl methyl sites for hydroxylation is 1. The van der Waals surface area contributed by atoms with Gasteiger partial charge < -0.3 is 5.11 Å². The number of sulfonamides is 1. The third-order valence-corrected chi connectivity index (χ3v) is 4.04. The molecular weight excluding hydrogens is 288 g/mol. The fourth-order valence-electron chi connectivity index (χ4n) is 1.53. The normalized spacial score (nSPS) is 11.3. The van der Waals surface area contributed by atoms with Crippen molar-refractivity contribution in [1.82, 2.24) is 0 Å². The first-order valence-electron chi connectivity index (χ1n) is 5.57. The van der Waals surface area contributed by atoms with Crippen molar-refractivity contribution in [3.05, 3.63) is 53.6 Å².